The summed E-state index contributed by atoms with van der Waals surface area (Å²) in [6, 6.07) is 29.1. The summed E-state index contributed by atoms with van der Waals surface area (Å²) < 4.78 is 12.3. The number of hydrogen-bond donors (Lipinski definition) is 0. The lowest BCUT2D eigenvalue weighted by atomic mass is 9.97. The van der Waals surface area contributed by atoms with E-state index in [1.807, 2.05) is 42.5 Å². The van der Waals surface area contributed by atoms with Gasteiger partial charge in [0.2, 0.25) is 11.8 Å². The van der Waals surface area contributed by atoms with Crippen molar-refractivity contribution >= 4 is 21.9 Å². The molecule has 4 heteroatoms. The lowest BCUT2D eigenvalue weighted by Gasteiger charge is -2.07. The van der Waals surface area contributed by atoms with Crippen LogP contribution in [0, 0.1) is 0 Å². The first-order valence-electron chi connectivity index (χ1n) is 11.7. The average molecular weight is 445 g/mol. The van der Waals surface area contributed by atoms with Crippen LogP contribution in [0.15, 0.2) is 93.8 Å². The molecule has 166 valence electrons. The maximum absolute atomic E-state index is 6.36. The summed E-state index contributed by atoms with van der Waals surface area (Å²) in [7, 11) is 0. The molecule has 0 fully saturated rings. The third-order valence-electron chi connectivity index (χ3n) is 6.40. The van der Waals surface area contributed by atoms with E-state index >= 15 is 0 Å². The minimum Gasteiger partial charge on any atom is -0.455 e. The van der Waals surface area contributed by atoms with Crippen molar-refractivity contribution < 1.29 is 8.83 Å². The van der Waals surface area contributed by atoms with Gasteiger partial charge in [0.15, 0.2) is 0 Å². The highest BCUT2D eigenvalue weighted by molar-refractivity contribution is 6.10. The van der Waals surface area contributed by atoms with Crippen molar-refractivity contribution in [1.29, 1.82) is 0 Å². The Hall–Kier alpha value is -4.18. The third-order valence-corrected chi connectivity index (χ3v) is 6.40. The summed E-state index contributed by atoms with van der Waals surface area (Å²) in [5, 5.41) is 10.8. The first-order valence-corrected chi connectivity index (χ1v) is 11.7. The van der Waals surface area contributed by atoms with Gasteiger partial charge < -0.3 is 8.83 Å². The Morgan fingerprint density at radius 2 is 1.24 bits per heavy atom. The second-order valence-corrected chi connectivity index (χ2v) is 8.52. The summed E-state index contributed by atoms with van der Waals surface area (Å²) in [5.41, 5.74) is 8.46. The van der Waals surface area contributed by atoms with Crippen LogP contribution in [0.25, 0.3) is 56.0 Å². The lowest BCUT2D eigenvalue weighted by Crippen LogP contribution is -1.86. The van der Waals surface area contributed by atoms with Crippen LogP contribution >= 0.6 is 0 Å². The number of furan rings is 1. The molecule has 2 aromatic heterocycles. The van der Waals surface area contributed by atoms with E-state index in [4.69, 9.17) is 8.83 Å². The highest BCUT2D eigenvalue weighted by Gasteiger charge is 2.16. The molecule has 0 aliphatic heterocycles. The van der Waals surface area contributed by atoms with Crippen LogP contribution in [0.1, 0.15) is 25.0 Å². The van der Waals surface area contributed by atoms with Crippen molar-refractivity contribution in [3.05, 3.63) is 96.1 Å². The Morgan fingerprint density at radius 3 is 1.94 bits per heavy atom. The van der Waals surface area contributed by atoms with Gasteiger partial charge in [0, 0.05) is 27.5 Å². The van der Waals surface area contributed by atoms with Gasteiger partial charge in [-0.05, 0) is 78.1 Å². The molecular weight excluding hydrogens is 420 g/mol. The van der Waals surface area contributed by atoms with E-state index in [-0.39, 0.29) is 0 Å². The maximum Gasteiger partial charge on any atom is 0.248 e. The molecule has 0 radical (unpaired) electrons. The number of aromatic nitrogens is 2. The second kappa shape index (κ2) is 8.31. The SMILES string of the molecule is CCc1ccc2oc3c(-c4ccc(-c5nnc(-c6ccccc6)o5)cc4)cc(CC)cc3c2c1. The van der Waals surface area contributed by atoms with Crippen LogP contribution in [0.3, 0.4) is 0 Å². The zero-order valence-electron chi connectivity index (χ0n) is 19.2. The van der Waals surface area contributed by atoms with Gasteiger partial charge >= 0.3 is 0 Å². The molecule has 0 amide bonds. The predicted octanol–water partition coefficient (Wildman–Crippen LogP) is 8.09. The summed E-state index contributed by atoms with van der Waals surface area (Å²) in [5.74, 6) is 1.03. The molecule has 6 aromatic rings. The van der Waals surface area contributed by atoms with Crippen LogP contribution in [-0.4, -0.2) is 10.2 Å². The lowest BCUT2D eigenvalue weighted by molar-refractivity contribution is 0.584. The van der Waals surface area contributed by atoms with E-state index in [1.54, 1.807) is 0 Å². The van der Waals surface area contributed by atoms with Crippen molar-refractivity contribution in [3.8, 4) is 34.0 Å². The highest BCUT2D eigenvalue weighted by atomic mass is 16.4. The van der Waals surface area contributed by atoms with Gasteiger partial charge in [0.1, 0.15) is 11.2 Å². The quantitative estimate of drug-likeness (QED) is 0.270. The molecule has 0 bridgehead atoms. The standard InChI is InChI=1S/C30H24N2O2/c1-3-19-10-15-27-25(16-19)26-18-20(4-2)17-24(28(26)33-27)21-11-13-23(14-12-21)30-32-31-29(34-30)22-8-6-5-7-9-22/h5-18H,3-4H2,1-2H3. The molecule has 4 aromatic carbocycles. The topological polar surface area (TPSA) is 52.1 Å². The van der Waals surface area contributed by atoms with Crippen LogP contribution in [-0.2, 0) is 12.8 Å². The van der Waals surface area contributed by atoms with Crippen molar-refractivity contribution in [1.82, 2.24) is 10.2 Å². The molecule has 0 saturated carbocycles. The predicted molar refractivity (Wildman–Crippen MR) is 137 cm³/mol. The molecule has 0 unspecified atom stereocenters. The zero-order chi connectivity index (χ0) is 23.1. The van der Waals surface area contributed by atoms with Crippen LogP contribution in [0.2, 0.25) is 0 Å². The molecule has 0 spiro atoms. The minimum absolute atomic E-state index is 0.508. The fraction of sp³-hybridized carbons (Fsp3) is 0.133. The molecule has 0 aliphatic carbocycles. The number of aryl methyl sites for hydroxylation is 2. The van der Waals surface area contributed by atoms with Gasteiger partial charge in [-0.3, -0.25) is 0 Å². The average Bonchev–Trinajstić information content (AvgIpc) is 3.54. The van der Waals surface area contributed by atoms with Crippen molar-refractivity contribution in [2.75, 3.05) is 0 Å². The first kappa shape index (κ1) is 20.4. The Balaban J connectivity index is 1.42. The first-order chi connectivity index (χ1) is 16.7. The van der Waals surface area contributed by atoms with Crippen molar-refractivity contribution in [2.24, 2.45) is 0 Å². The van der Waals surface area contributed by atoms with E-state index in [1.165, 1.54) is 21.9 Å². The Labute approximate surface area is 197 Å². The van der Waals surface area contributed by atoms with Crippen LogP contribution in [0.4, 0.5) is 0 Å². The van der Waals surface area contributed by atoms with Gasteiger partial charge in [-0.25, -0.2) is 0 Å². The molecule has 34 heavy (non-hydrogen) atoms. The monoisotopic (exact) mass is 444 g/mol. The Morgan fingerprint density at radius 1 is 0.588 bits per heavy atom. The van der Waals surface area contributed by atoms with Gasteiger partial charge in [0.25, 0.3) is 0 Å². The van der Waals surface area contributed by atoms with Gasteiger partial charge in [0.05, 0.1) is 0 Å². The fourth-order valence-corrected chi connectivity index (χ4v) is 4.45. The molecule has 2 heterocycles. The van der Waals surface area contributed by atoms with Crippen molar-refractivity contribution in [2.45, 2.75) is 26.7 Å². The van der Waals surface area contributed by atoms with Crippen LogP contribution < -0.4 is 0 Å². The van der Waals surface area contributed by atoms with Crippen LogP contribution in [0.5, 0.6) is 0 Å². The second-order valence-electron chi connectivity index (χ2n) is 8.52. The normalized spacial score (nSPS) is 11.5. The van der Waals surface area contributed by atoms with E-state index in [0.717, 1.165) is 46.3 Å². The van der Waals surface area contributed by atoms with Gasteiger partial charge in [-0.2, -0.15) is 0 Å². The van der Waals surface area contributed by atoms with E-state index in [2.05, 4.69) is 66.5 Å². The zero-order valence-corrected chi connectivity index (χ0v) is 19.2. The minimum atomic E-state index is 0.508. The van der Waals surface area contributed by atoms with Gasteiger partial charge in [-0.1, -0.05) is 50.2 Å². The van der Waals surface area contributed by atoms with E-state index in [0.29, 0.717) is 11.8 Å². The number of rotatable bonds is 5. The highest BCUT2D eigenvalue weighted by Crippen LogP contribution is 2.38. The van der Waals surface area contributed by atoms with E-state index in [9.17, 15) is 0 Å². The summed E-state index contributed by atoms with van der Waals surface area (Å²) >= 11 is 0. The number of hydrogen-bond acceptors (Lipinski definition) is 4. The molecule has 0 N–H and O–H groups in total. The smallest absolute Gasteiger partial charge is 0.248 e. The largest absolute Gasteiger partial charge is 0.455 e. The third kappa shape index (κ3) is 3.48. The van der Waals surface area contributed by atoms with Gasteiger partial charge in [-0.15, -0.1) is 10.2 Å². The fourth-order valence-electron chi connectivity index (χ4n) is 4.45. The summed E-state index contributed by atoms with van der Waals surface area (Å²) in [6.45, 7) is 4.37. The van der Waals surface area contributed by atoms with E-state index < -0.39 is 0 Å². The Kier molecular flexibility index (Phi) is 4.99. The molecule has 6 rings (SSSR count). The van der Waals surface area contributed by atoms with Crippen molar-refractivity contribution in [3.63, 3.8) is 0 Å². The number of nitrogens with zero attached hydrogens (tertiary/aromatic N) is 2. The Bertz CT molecular complexity index is 1610. The molecular formula is C30H24N2O2. The molecule has 4 nitrogen and oxygen atoms in total. The summed E-state index contributed by atoms with van der Waals surface area (Å²) in [6.07, 6.45) is 1.97. The number of fused-ring (bicyclic) bond motifs is 3. The molecule has 0 saturated heterocycles. The number of benzene rings is 4. The molecule has 0 atom stereocenters. The summed E-state index contributed by atoms with van der Waals surface area (Å²) in [4.78, 5) is 0. The molecule has 0 aliphatic rings. The maximum atomic E-state index is 6.36.